The summed E-state index contributed by atoms with van der Waals surface area (Å²) in [6.07, 6.45) is 1.78. The monoisotopic (exact) mass is 461 g/mol. The zero-order chi connectivity index (χ0) is 17.8. The molecule has 3 aromatic heterocycles. The third-order valence-corrected chi connectivity index (χ3v) is 6.67. The number of hydrogen-bond acceptors (Lipinski definition) is 8. The molecule has 0 saturated carbocycles. The van der Waals surface area contributed by atoms with E-state index in [9.17, 15) is 0 Å². The summed E-state index contributed by atoms with van der Waals surface area (Å²) in [4.78, 5) is 8.99. The number of aromatic nitrogens is 4. The highest BCUT2D eigenvalue weighted by atomic mass is 79.9. The molecule has 0 bridgehead atoms. The summed E-state index contributed by atoms with van der Waals surface area (Å²) in [6.45, 7) is 0. The molecule has 4 rings (SSSR count). The Labute approximate surface area is 171 Å². The minimum atomic E-state index is 0.759. The highest BCUT2D eigenvalue weighted by Crippen LogP contribution is 2.31. The van der Waals surface area contributed by atoms with Gasteiger partial charge in [0.15, 0.2) is 4.34 Å². The van der Waals surface area contributed by atoms with Crippen LogP contribution in [0.1, 0.15) is 5.69 Å². The zero-order valence-corrected chi connectivity index (χ0v) is 17.3. The van der Waals surface area contributed by atoms with E-state index in [1.165, 1.54) is 11.3 Å². The van der Waals surface area contributed by atoms with Crippen LogP contribution in [-0.4, -0.2) is 20.2 Å². The fourth-order valence-corrected chi connectivity index (χ4v) is 5.09. The summed E-state index contributed by atoms with van der Waals surface area (Å²) in [6, 6.07) is 13.8. The Morgan fingerprint density at radius 2 is 2.08 bits per heavy atom. The Hall–Kier alpha value is -1.81. The lowest BCUT2D eigenvalue weighted by Crippen LogP contribution is -1.88. The minimum Gasteiger partial charge on any atom is -0.330 e. The van der Waals surface area contributed by atoms with Crippen LogP contribution in [0.25, 0.3) is 10.7 Å². The molecule has 0 saturated heterocycles. The Morgan fingerprint density at radius 3 is 2.92 bits per heavy atom. The molecule has 4 aromatic rings. The fraction of sp³-hybridized carbons (Fsp3) is 0.0588. The number of anilines is 2. The van der Waals surface area contributed by atoms with Gasteiger partial charge < -0.3 is 5.32 Å². The van der Waals surface area contributed by atoms with Gasteiger partial charge in [-0.05, 0) is 30.3 Å². The van der Waals surface area contributed by atoms with Crippen molar-refractivity contribution >= 4 is 61.2 Å². The van der Waals surface area contributed by atoms with Crippen molar-refractivity contribution in [2.24, 2.45) is 0 Å². The van der Waals surface area contributed by atoms with Gasteiger partial charge in [0.25, 0.3) is 0 Å². The molecule has 0 aliphatic heterocycles. The van der Waals surface area contributed by atoms with Crippen molar-refractivity contribution in [3.8, 4) is 10.7 Å². The Balaban J connectivity index is 1.37. The lowest BCUT2D eigenvalue weighted by molar-refractivity contribution is 1.01. The maximum absolute atomic E-state index is 4.65. The van der Waals surface area contributed by atoms with Crippen LogP contribution >= 0.6 is 50.4 Å². The quantitative estimate of drug-likeness (QED) is 0.363. The standard InChI is InChI=1S/C17H12BrN5S3/c18-11-4-3-5-12(8-11)21-16-22-23-17(26-16)25-10-13-9-24-15(20-13)14-6-1-2-7-19-14/h1-9H,10H2,(H,21,22). The molecular formula is C17H12BrN5S3. The maximum atomic E-state index is 4.65. The Bertz CT molecular complexity index is 1000. The Morgan fingerprint density at radius 1 is 1.12 bits per heavy atom. The van der Waals surface area contributed by atoms with E-state index >= 15 is 0 Å². The molecule has 0 atom stereocenters. The number of rotatable bonds is 6. The predicted octanol–water partition coefficient (Wildman–Crippen LogP) is 5.86. The molecule has 0 radical (unpaired) electrons. The molecule has 130 valence electrons. The molecule has 1 aromatic carbocycles. The first-order valence-corrected chi connectivity index (χ1v) is 11.1. The Kier molecular flexibility index (Phi) is 5.59. The number of benzene rings is 1. The lowest BCUT2D eigenvalue weighted by atomic mass is 10.3. The molecule has 0 aliphatic carbocycles. The first kappa shape index (κ1) is 17.6. The average molecular weight is 462 g/mol. The summed E-state index contributed by atoms with van der Waals surface area (Å²) in [5, 5.41) is 15.5. The van der Waals surface area contributed by atoms with Crippen molar-refractivity contribution in [1.29, 1.82) is 0 Å². The van der Waals surface area contributed by atoms with Crippen molar-refractivity contribution < 1.29 is 0 Å². The molecular weight excluding hydrogens is 450 g/mol. The van der Waals surface area contributed by atoms with Crippen LogP contribution in [-0.2, 0) is 5.75 Å². The van der Waals surface area contributed by atoms with Crippen molar-refractivity contribution in [3.05, 3.63) is 64.2 Å². The summed E-state index contributed by atoms with van der Waals surface area (Å²) >= 11 is 8.24. The van der Waals surface area contributed by atoms with Crippen molar-refractivity contribution in [2.75, 3.05) is 5.32 Å². The largest absolute Gasteiger partial charge is 0.330 e. The molecule has 0 spiro atoms. The molecule has 1 N–H and O–H groups in total. The first-order valence-electron chi connectivity index (χ1n) is 7.61. The second kappa shape index (κ2) is 8.26. The zero-order valence-electron chi connectivity index (χ0n) is 13.3. The van der Waals surface area contributed by atoms with Gasteiger partial charge in [-0.15, -0.1) is 21.5 Å². The van der Waals surface area contributed by atoms with E-state index in [1.807, 2.05) is 42.5 Å². The van der Waals surface area contributed by atoms with Crippen LogP contribution in [0.3, 0.4) is 0 Å². The van der Waals surface area contributed by atoms with E-state index in [0.717, 1.165) is 41.8 Å². The summed E-state index contributed by atoms with van der Waals surface area (Å²) in [5.41, 5.74) is 2.91. The van der Waals surface area contributed by atoms with Crippen LogP contribution in [0.4, 0.5) is 10.8 Å². The van der Waals surface area contributed by atoms with E-state index in [2.05, 4.69) is 46.8 Å². The smallest absolute Gasteiger partial charge is 0.210 e. The van der Waals surface area contributed by atoms with E-state index in [4.69, 9.17) is 0 Å². The van der Waals surface area contributed by atoms with Gasteiger partial charge in [-0.3, -0.25) is 4.98 Å². The van der Waals surface area contributed by atoms with E-state index < -0.39 is 0 Å². The molecule has 5 nitrogen and oxygen atoms in total. The fourth-order valence-electron chi connectivity index (χ4n) is 2.12. The van der Waals surface area contributed by atoms with Crippen molar-refractivity contribution in [1.82, 2.24) is 20.2 Å². The average Bonchev–Trinajstić information content (AvgIpc) is 3.30. The van der Waals surface area contributed by atoms with Gasteiger partial charge in [0.05, 0.1) is 11.4 Å². The SMILES string of the molecule is Brc1cccc(Nc2nnc(SCc3csc(-c4ccccn4)n3)s2)c1. The summed E-state index contributed by atoms with van der Waals surface area (Å²) < 4.78 is 1.93. The highest BCUT2D eigenvalue weighted by molar-refractivity contribution is 9.10. The summed E-state index contributed by atoms with van der Waals surface area (Å²) in [5.74, 6) is 0.759. The van der Waals surface area contributed by atoms with Gasteiger partial charge in [0.2, 0.25) is 5.13 Å². The van der Waals surface area contributed by atoms with Crippen molar-refractivity contribution in [2.45, 2.75) is 10.1 Å². The maximum Gasteiger partial charge on any atom is 0.210 e. The lowest BCUT2D eigenvalue weighted by Gasteiger charge is -2.01. The van der Waals surface area contributed by atoms with Crippen LogP contribution in [0, 0.1) is 0 Å². The molecule has 9 heteroatoms. The third kappa shape index (κ3) is 4.47. The number of hydrogen-bond donors (Lipinski definition) is 1. The summed E-state index contributed by atoms with van der Waals surface area (Å²) in [7, 11) is 0. The van der Waals surface area contributed by atoms with Gasteiger partial charge in [-0.1, -0.05) is 51.2 Å². The highest BCUT2D eigenvalue weighted by Gasteiger charge is 2.09. The first-order chi connectivity index (χ1) is 12.8. The van der Waals surface area contributed by atoms with Crippen LogP contribution in [0.5, 0.6) is 0 Å². The molecule has 0 unspecified atom stereocenters. The topological polar surface area (TPSA) is 63.6 Å². The third-order valence-electron chi connectivity index (χ3n) is 3.26. The number of thiazole rings is 1. The second-order valence-corrected chi connectivity index (χ2v) is 9.13. The van der Waals surface area contributed by atoms with Gasteiger partial charge in [0, 0.05) is 27.5 Å². The molecule has 0 amide bonds. The molecule has 3 heterocycles. The predicted molar refractivity (Wildman–Crippen MR) is 112 cm³/mol. The number of thioether (sulfide) groups is 1. The number of pyridine rings is 1. The van der Waals surface area contributed by atoms with Gasteiger partial charge >= 0.3 is 0 Å². The van der Waals surface area contributed by atoms with E-state index in [0.29, 0.717) is 0 Å². The van der Waals surface area contributed by atoms with Crippen LogP contribution in [0.2, 0.25) is 0 Å². The van der Waals surface area contributed by atoms with Gasteiger partial charge in [-0.25, -0.2) is 4.98 Å². The van der Waals surface area contributed by atoms with E-state index in [1.54, 1.807) is 29.3 Å². The van der Waals surface area contributed by atoms with Crippen molar-refractivity contribution in [3.63, 3.8) is 0 Å². The molecule has 26 heavy (non-hydrogen) atoms. The molecule has 0 aliphatic rings. The van der Waals surface area contributed by atoms with Gasteiger partial charge in [0.1, 0.15) is 5.01 Å². The molecule has 0 fully saturated rings. The van der Waals surface area contributed by atoms with Crippen LogP contribution in [0.15, 0.2) is 62.9 Å². The van der Waals surface area contributed by atoms with Gasteiger partial charge in [-0.2, -0.15) is 0 Å². The second-order valence-electron chi connectivity index (χ2n) is 5.16. The van der Waals surface area contributed by atoms with E-state index in [-0.39, 0.29) is 0 Å². The number of nitrogens with zero attached hydrogens (tertiary/aromatic N) is 4. The minimum absolute atomic E-state index is 0.759. The number of nitrogens with one attached hydrogen (secondary N) is 1. The normalized spacial score (nSPS) is 10.8. The van der Waals surface area contributed by atoms with Crippen LogP contribution < -0.4 is 5.32 Å². The number of halogens is 1.